The van der Waals surface area contributed by atoms with Crippen molar-refractivity contribution in [2.24, 2.45) is 0 Å². The van der Waals surface area contributed by atoms with Crippen LogP contribution in [0.2, 0.25) is 0 Å². The molecule has 180 valence electrons. The molecule has 2 aliphatic rings. The van der Waals surface area contributed by atoms with Gasteiger partial charge in [0.15, 0.2) is 0 Å². The second kappa shape index (κ2) is 8.77. The van der Waals surface area contributed by atoms with Crippen molar-refractivity contribution in [3.05, 3.63) is 70.8 Å². The zero-order chi connectivity index (χ0) is 23.9. The van der Waals surface area contributed by atoms with Crippen LogP contribution in [0.3, 0.4) is 0 Å². The molecular formula is C25H23F2N5O3. The molecule has 35 heavy (non-hydrogen) atoms. The zero-order valence-corrected chi connectivity index (χ0v) is 18.7. The molecule has 0 amide bonds. The molecule has 0 unspecified atom stereocenters. The molecule has 2 aromatic heterocycles. The molecule has 2 atom stereocenters. The summed E-state index contributed by atoms with van der Waals surface area (Å²) < 4.78 is 39.8. The van der Waals surface area contributed by atoms with Crippen molar-refractivity contribution < 1.29 is 18.3 Å². The molecular weight excluding hydrogens is 456 g/mol. The number of hydrogen-bond donors (Lipinski definition) is 1. The van der Waals surface area contributed by atoms with Gasteiger partial charge in [-0.15, -0.1) is 0 Å². The van der Waals surface area contributed by atoms with E-state index in [4.69, 9.17) is 9.47 Å². The predicted octanol–water partition coefficient (Wildman–Crippen LogP) is 4.06. The standard InChI is InChI=1S/C25H23F2N5O3/c26-24(27)35-22-4-2-1-3-18(22)20-7-9-31-23(33)19-6-5-15(11-21(19)32(20)31)16-12-28-25(29-13-16)30-17-8-10-34-14-17/h1-6,11-13,17,20,24H,7-10,14H2,(H,28,29,30)/t17-,20+/m1/s1. The fraction of sp³-hybridized carbons (Fsp3) is 0.320. The van der Waals surface area contributed by atoms with E-state index in [1.807, 2.05) is 16.8 Å². The summed E-state index contributed by atoms with van der Waals surface area (Å²) in [6.45, 7) is -1.06. The summed E-state index contributed by atoms with van der Waals surface area (Å²) in [5, 5.41) is 3.84. The van der Waals surface area contributed by atoms with Crippen LogP contribution >= 0.6 is 0 Å². The van der Waals surface area contributed by atoms with E-state index in [-0.39, 0.29) is 23.4 Å². The lowest BCUT2D eigenvalue weighted by Gasteiger charge is -2.18. The first-order valence-corrected chi connectivity index (χ1v) is 11.5. The molecule has 1 N–H and O–H groups in total. The molecule has 6 rings (SSSR count). The maximum atomic E-state index is 13.1. The number of para-hydroxylation sites is 1. The van der Waals surface area contributed by atoms with Crippen LogP contribution in [0, 0.1) is 0 Å². The average molecular weight is 479 g/mol. The number of alkyl halides is 2. The van der Waals surface area contributed by atoms with Gasteiger partial charge in [0, 0.05) is 36.7 Å². The highest BCUT2D eigenvalue weighted by molar-refractivity contribution is 5.84. The van der Waals surface area contributed by atoms with E-state index in [1.165, 1.54) is 6.07 Å². The average Bonchev–Trinajstić information content (AvgIpc) is 3.59. The fourth-order valence-electron chi connectivity index (χ4n) is 4.99. The van der Waals surface area contributed by atoms with Gasteiger partial charge in [0.2, 0.25) is 5.95 Å². The van der Waals surface area contributed by atoms with Gasteiger partial charge in [-0.1, -0.05) is 24.3 Å². The first-order valence-electron chi connectivity index (χ1n) is 11.5. The molecule has 0 radical (unpaired) electrons. The van der Waals surface area contributed by atoms with Crippen LogP contribution in [0.25, 0.3) is 22.0 Å². The first kappa shape index (κ1) is 21.7. The minimum atomic E-state index is -2.92. The van der Waals surface area contributed by atoms with Crippen LogP contribution in [0.5, 0.6) is 5.75 Å². The van der Waals surface area contributed by atoms with Gasteiger partial charge in [-0.05, 0) is 36.6 Å². The summed E-state index contributed by atoms with van der Waals surface area (Å²) in [6.07, 6.45) is 5.01. The maximum Gasteiger partial charge on any atom is 0.387 e. The van der Waals surface area contributed by atoms with E-state index >= 15 is 0 Å². The van der Waals surface area contributed by atoms with Crippen molar-refractivity contribution in [2.75, 3.05) is 18.5 Å². The lowest BCUT2D eigenvalue weighted by molar-refractivity contribution is -0.0507. The molecule has 8 nitrogen and oxygen atoms in total. The van der Waals surface area contributed by atoms with Crippen LogP contribution in [0.4, 0.5) is 14.7 Å². The van der Waals surface area contributed by atoms with E-state index in [0.717, 1.165) is 29.7 Å². The van der Waals surface area contributed by atoms with Gasteiger partial charge in [-0.25, -0.2) is 14.6 Å². The van der Waals surface area contributed by atoms with Gasteiger partial charge in [0.1, 0.15) is 5.75 Å². The Hall–Kier alpha value is -3.79. The molecule has 2 aromatic carbocycles. The number of halogens is 2. The lowest BCUT2D eigenvalue weighted by Crippen LogP contribution is -2.20. The van der Waals surface area contributed by atoms with Gasteiger partial charge in [-0.2, -0.15) is 8.78 Å². The van der Waals surface area contributed by atoms with Crippen LogP contribution < -0.4 is 15.6 Å². The largest absolute Gasteiger partial charge is 0.434 e. The number of rotatable bonds is 6. The number of benzene rings is 2. The number of aromatic nitrogens is 4. The van der Waals surface area contributed by atoms with Crippen molar-refractivity contribution in [1.29, 1.82) is 0 Å². The summed E-state index contributed by atoms with van der Waals surface area (Å²) in [5.41, 5.74) is 2.92. The normalized spacial score (nSPS) is 19.4. The van der Waals surface area contributed by atoms with E-state index in [1.54, 1.807) is 41.3 Å². The minimum absolute atomic E-state index is 0.101. The third kappa shape index (κ3) is 3.93. The van der Waals surface area contributed by atoms with Crippen molar-refractivity contribution in [2.45, 2.75) is 38.1 Å². The molecule has 1 fully saturated rings. The second-order valence-corrected chi connectivity index (χ2v) is 8.73. The van der Waals surface area contributed by atoms with E-state index in [2.05, 4.69) is 15.3 Å². The molecule has 0 saturated carbocycles. The Morgan fingerprint density at radius 3 is 2.69 bits per heavy atom. The SMILES string of the molecule is O=c1c2ccc(-c3cnc(N[C@@H]4CCOC4)nc3)cc2n2n1CC[C@H]2c1ccccc1OC(F)F. The number of anilines is 1. The number of ether oxygens (including phenoxy) is 2. The molecule has 0 spiro atoms. The Bertz CT molecular complexity index is 1430. The molecule has 4 heterocycles. The topological polar surface area (TPSA) is 83.2 Å². The van der Waals surface area contributed by atoms with Gasteiger partial charge >= 0.3 is 6.61 Å². The maximum absolute atomic E-state index is 13.1. The highest BCUT2D eigenvalue weighted by atomic mass is 19.3. The fourth-order valence-corrected chi connectivity index (χ4v) is 4.99. The summed E-state index contributed by atoms with van der Waals surface area (Å²) in [6, 6.07) is 12.3. The summed E-state index contributed by atoms with van der Waals surface area (Å²) in [5.74, 6) is 0.664. The molecule has 4 aromatic rings. The Labute approximate surface area is 199 Å². The van der Waals surface area contributed by atoms with Crippen molar-refractivity contribution in [3.63, 3.8) is 0 Å². The molecule has 1 saturated heterocycles. The van der Waals surface area contributed by atoms with Gasteiger partial charge in [0.25, 0.3) is 5.56 Å². The van der Waals surface area contributed by atoms with Crippen LogP contribution in [0.1, 0.15) is 24.4 Å². The van der Waals surface area contributed by atoms with Crippen LogP contribution in [0.15, 0.2) is 59.7 Å². The van der Waals surface area contributed by atoms with E-state index in [9.17, 15) is 13.6 Å². The third-order valence-electron chi connectivity index (χ3n) is 6.62. The van der Waals surface area contributed by atoms with Crippen LogP contribution in [-0.2, 0) is 11.3 Å². The smallest absolute Gasteiger partial charge is 0.387 e. The second-order valence-electron chi connectivity index (χ2n) is 8.73. The highest BCUT2D eigenvalue weighted by Crippen LogP contribution is 2.37. The Kier molecular flexibility index (Phi) is 5.44. The number of fused-ring (bicyclic) bond motifs is 3. The summed E-state index contributed by atoms with van der Waals surface area (Å²) >= 11 is 0. The lowest BCUT2D eigenvalue weighted by atomic mass is 10.0. The van der Waals surface area contributed by atoms with Crippen molar-refractivity contribution in [3.8, 4) is 16.9 Å². The minimum Gasteiger partial charge on any atom is -0.434 e. The Morgan fingerprint density at radius 1 is 1.09 bits per heavy atom. The molecule has 2 aliphatic heterocycles. The number of hydrogen-bond acceptors (Lipinski definition) is 6. The predicted molar refractivity (Wildman–Crippen MR) is 126 cm³/mol. The number of nitrogens with one attached hydrogen (secondary N) is 1. The van der Waals surface area contributed by atoms with E-state index < -0.39 is 6.61 Å². The molecule has 0 bridgehead atoms. The Morgan fingerprint density at radius 2 is 1.91 bits per heavy atom. The molecule has 0 aliphatic carbocycles. The van der Waals surface area contributed by atoms with Gasteiger partial charge in [0.05, 0.1) is 29.6 Å². The van der Waals surface area contributed by atoms with Crippen LogP contribution in [-0.4, -0.2) is 45.2 Å². The molecule has 10 heteroatoms. The third-order valence-corrected chi connectivity index (χ3v) is 6.62. The van der Waals surface area contributed by atoms with Gasteiger partial charge < -0.3 is 14.8 Å². The summed E-state index contributed by atoms with van der Waals surface area (Å²) in [4.78, 5) is 21.9. The Balaban J connectivity index is 1.37. The summed E-state index contributed by atoms with van der Waals surface area (Å²) in [7, 11) is 0. The zero-order valence-electron chi connectivity index (χ0n) is 18.7. The van der Waals surface area contributed by atoms with Gasteiger partial charge in [-0.3, -0.25) is 9.48 Å². The number of nitrogens with zero attached hydrogens (tertiary/aromatic N) is 4. The highest BCUT2D eigenvalue weighted by Gasteiger charge is 2.30. The quantitative estimate of drug-likeness (QED) is 0.449. The van der Waals surface area contributed by atoms with Crippen molar-refractivity contribution in [1.82, 2.24) is 19.3 Å². The monoisotopic (exact) mass is 479 g/mol. The van der Waals surface area contributed by atoms with E-state index in [0.29, 0.717) is 36.5 Å². The van der Waals surface area contributed by atoms with Crippen molar-refractivity contribution >= 4 is 16.9 Å². The first-order chi connectivity index (χ1) is 17.1.